The van der Waals surface area contributed by atoms with Crippen molar-refractivity contribution in [3.8, 4) is 11.5 Å². The average Bonchev–Trinajstić information content (AvgIpc) is 2.54. The second-order valence-electron chi connectivity index (χ2n) is 4.56. The van der Waals surface area contributed by atoms with Gasteiger partial charge in [0.2, 0.25) is 0 Å². The largest absolute Gasteiger partial charge is 0.493 e. The number of nitrogens with one attached hydrogen (secondary N) is 1. The first kappa shape index (κ1) is 16.1. The Morgan fingerprint density at radius 3 is 2.64 bits per heavy atom. The number of amides is 1. The lowest BCUT2D eigenvalue weighted by Gasteiger charge is -2.10. The lowest BCUT2D eigenvalue weighted by atomic mass is 10.1. The van der Waals surface area contributed by atoms with Crippen LogP contribution in [-0.2, 0) is 6.42 Å². The van der Waals surface area contributed by atoms with E-state index in [1.165, 1.54) is 12.3 Å². The Kier molecular flexibility index (Phi) is 5.61. The molecule has 0 aliphatic rings. The van der Waals surface area contributed by atoms with E-state index in [1.807, 2.05) is 18.2 Å². The number of ether oxygens (including phenoxy) is 2. The topological polar surface area (TPSA) is 60.5 Å². The Morgan fingerprint density at radius 2 is 1.95 bits per heavy atom. The van der Waals surface area contributed by atoms with Crippen molar-refractivity contribution in [2.45, 2.75) is 6.42 Å². The van der Waals surface area contributed by atoms with Crippen molar-refractivity contribution in [3.05, 3.63) is 52.8 Å². The molecule has 0 saturated carbocycles. The summed E-state index contributed by atoms with van der Waals surface area (Å²) in [6.07, 6.45) is 2.19. The Bertz CT molecular complexity index is 662. The Balaban J connectivity index is 1.92. The minimum atomic E-state index is -0.176. The van der Waals surface area contributed by atoms with Crippen LogP contribution in [0.1, 0.15) is 15.9 Å². The molecule has 0 aliphatic carbocycles. The van der Waals surface area contributed by atoms with Gasteiger partial charge in [-0.05, 0) is 36.2 Å². The monoisotopic (exact) mass is 320 g/mol. The summed E-state index contributed by atoms with van der Waals surface area (Å²) in [7, 11) is 3.19. The molecule has 1 N–H and O–H groups in total. The van der Waals surface area contributed by atoms with Crippen LogP contribution in [-0.4, -0.2) is 31.7 Å². The smallest absolute Gasteiger partial charge is 0.251 e. The van der Waals surface area contributed by atoms with Gasteiger partial charge in [-0.25, -0.2) is 4.98 Å². The third-order valence-corrected chi connectivity index (χ3v) is 3.34. The Hall–Kier alpha value is -2.27. The molecular weight excluding hydrogens is 304 g/mol. The first-order chi connectivity index (χ1) is 10.6. The highest BCUT2D eigenvalue weighted by atomic mass is 35.5. The molecule has 0 saturated heterocycles. The maximum Gasteiger partial charge on any atom is 0.251 e. The molecule has 0 bridgehead atoms. The number of carbonyl (C=O) groups is 1. The van der Waals surface area contributed by atoms with Crippen LogP contribution in [0.3, 0.4) is 0 Å². The highest BCUT2D eigenvalue weighted by Crippen LogP contribution is 2.27. The number of hydrogen-bond acceptors (Lipinski definition) is 4. The molecule has 0 aliphatic heterocycles. The summed E-state index contributed by atoms with van der Waals surface area (Å²) >= 11 is 5.76. The van der Waals surface area contributed by atoms with Crippen LogP contribution in [0.5, 0.6) is 11.5 Å². The summed E-state index contributed by atoms with van der Waals surface area (Å²) in [4.78, 5) is 15.8. The fourth-order valence-electron chi connectivity index (χ4n) is 2.00. The zero-order valence-electron chi connectivity index (χ0n) is 12.4. The molecule has 22 heavy (non-hydrogen) atoms. The SMILES string of the molecule is COc1ccc(CCNC(=O)c2ccnc(Cl)c2)cc1OC. The zero-order valence-corrected chi connectivity index (χ0v) is 13.2. The number of carbonyl (C=O) groups excluding carboxylic acids is 1. The van der Waals surface area contributed by atoms with Crippen LogP contribution >= 0.6 is 11.6 Å². The standard InChI is InChI=1S/C16H17ClN2O3/c1-21-13-4-3-11(9-14(13)22-2)5-7-19-16(20)12-6-8-18-15(17)10-12/h3-4,6,8-10H,5,7H2,1-2H3,(H,19,20). The van der Waals surface area contributed by atoms with Crippen molar-refractivity contribution in [2.75, 3.05) is 20.8 Å². The van der Waals surface area contributed by atoms with Crippen LogP contribution in [0.15, 0.2) is 36.5 Å². The van der Waals surface area contributed by atoms with Crippen molar-refractivity contribution in [3.63, 3.8) is 0 Å². The van der Waals surface area contributed by atoms with E-state index in [1.54, 1.807) is 20.3 Å². The van der Waals surface area contributed by atoms with Gasteiger partial charge in [0.05, 0.1) is 14.2 Å². The van der Waals surface area contributed by atoms with E-state index in [0.717, 1.165) is 5.56 Å². The van der Waals surface area contributed by atoms with Gasteiger partial charge in [0, 0.05) is 18.3 Å². The lowest BCUT2D eigenvalue weighted by Crippen LogP contribution is -2.25. The van der Waals surface area contributed by atoms with Crippen LogP contribution < -0.4 is 14.8 Å². The van der Waals surface area contributed by atoms with Gasteiger partial charge < -0.3 is 14.8 Å². The second-order valence-corrected chi connectivity index (χ2v) is 4.95. The van der Waals surface area contributed by atoms with Crippen LogP contribution in [0, 0.1) is 0 Å². The average molecular weight is 321 g/mol. The number of rotatable bonds is 6. The molecule has 1 aromatic heterocycles. The number of benzene rings is 1. The van der Waals surface area contributed by atoms with Crippen LogP contribution in [0.4, 0.5) is 0 Å². The van der Waals surface area contributed by atoms with E-state index >= 15 is 0 Å². The minimum Gasteiger partial charge on any atom is -0.493 e. The first-order valence-corrected chi connectivity index (χ1v) is 7.12. The van der Waals surface area contributed by atoms with E-state index in [0.29, 0.717) is 35.2 Å². The summed E-state index contributed by atoms with van der Waals surface area (Å²) in [5.74, 6) is 1.18. The van der Waals surface area contributed by atoms with E-state index in [4.69, 9.17) is 21.1 Å². The Morgan fingerprint density at radius 1 is 1.18 bits per heavy atom. The van der Waals surface area contributed by atoms with Gasteiger partial charge in [0.15, 0.2) is 11.5 Å². The van der Waals surface area contributed by atoms with Gasteiger partial charge in [-0.3, -0.25) is 4.79 Å². The molecule has 0 unspecified atom stereocenters. The molecule has 0 radical (unpaired) electrons. The molecule has 2 rings (SSSR count). The predicted octanol–water partition coefficient (Wildman–Crippen LogP) is 2.72. The van der Waals surface area contributed by atoms with Gasteiger partial charge in [0.25, 0.3) is 5.91 Å². The maximum atomic E-state index is 12.0. The number of aromatic nitrogens is 1. The molecule has 0 fully saturated rings. The van der Waals surface area contributed by atoms with Gasteiger partial charge in [-0.2, -0.15) is 0 Å². The molecule has 0 atom stereocenters. The van der Waals surface area contributed by atoms with Gasteiger partial charge in [0.1, 0.15) is 5.15 Å². The highest BCUT2D eigenvalue weighted by molar-refractivity contribution is 6.29. The second kappa shape index (κ2) is 7.66. The van der Waals surface area contributed by atoms with Gasteiger partial charge in [-0.1, -0.05) is 17.7 Å². The molecule has 5 nitrogen and oxygen atoms in total. The third kappa shape index (κ3) is 4.11. The highest BCUT2D eigenvalue weighted by Gasteiger charge is 2.07. The molecule has 1 heterocycles. The van der Waals surface area contributed by atoms with Crippen molar-refractivity contribution >= 4 is 17.5 Å². The molecule has 1 amide bonds. The van der Waals surface area contributed by atoms with Crippen molar-refractivity contribution in [1.29, 1.82) is 0 Å². The molecule has 116 valence electrons. The van der Waals surface area contributed by atoms with E-state index < -0.39 is 0 Å². The summed E-state index contributed by atoms with van der Waals surface area (Å²) in [6.45, 7) is 0.508. The summed E-state index contributed by atoms with van der Waals surface area (Å²) in [5.41, 5.74) is 1.54. The first-order valence-electron chi connectivity index (χ1n) is 6.74. The van der Waals surface area contributed by atoms with Crippen molar-refractivity contribution in [2.24, 2.45) is 0 Å². The van der Waals surface area contributed by atoms with Crippen LogP contribution in [0.25, 0.3) is 0 Å². The zero-order chi connectivity index (χ0) is 15.9. The Labute approximate surface area is 134 Å². The third-order valence-electron chi connectivity index (χ3n) is 3.14. The number of halogens is 1. The fraction of sp³-hybridized carbons (Fsp3) is 0.250. The molecule has 2 aromatic rings. The predicted molar refractivity (Wildman–Crippen MR) is 84.8 cm³/mol. The number of nitrogens with zero attached hydrogens (tertiary/aromatic N) is 1. The summed E-state index contributed by atoms with van der Waals surface area (Å²) in [6, 6.07) is 8.84. The van der Waals surface area contributed by atoms with Gasteiger partial charge in [-0.15, -0.1) is 0 Å². The molecule has 6 heteroatoms. The van der Waals surface area contributed by atoms with Crippen molar-refractivity contribution in [1.82, 2.24) is 10.3 Å². The fourth-order valence-corrected chi connectivity index (χ4v) is 2.18. The maximum absolute atomic E-state index is 12.0. The van der Waals surface area contributed by atoms with Crippen LogP contribution in [0.2, 0.25) is 5.15 Å². The van der Waals surface area contributed by atoms with E-state index in [9.17, 15) is 4.79 Å². The summed E-state index contributed by atoms with van der Waals surface area (Å²) < 4.78 is 10.4. The number of pyridine rings is 1. The number of hydrogen-bond donors (Lipinski definition) is 1. The van der Waals surface area contributed by atoms with Gasteiger partial charge >= 0.3 is 0 Å². The lowest BCUT2D eigenvalue weighted by molar-refractivity contribution is 0.0954. The normalized spacial score (nSPS) is 10.1. The van der Waals surface area contributed by atoms with Crippen molar-refractivity contribution < 1.29 is 14.3 Å². The molecule has 1 aromatic carbocycles. The molecule has 0 spiro atoms. The summed E-state index contributed by atoms with van der Waals surface area (Å²) in [5, 5.41) is 3.14. The quantitative estimate of drug-likeness (QED) is 0.831. The van der Waals surface area contributed by atoms with E-state index in [-0.39, 0.29) is 5.91 Å². The number of methoxy groups -OCH3 is 2. The molecular formula is C16H17ClN2O3. The van der Waals surface area contributed by atoms with E-state index in [2.05, 4.69) is 10.3 Å². The minimum absolute atomic E-state index is 0.176.